The number of rotatable bonds is 4. The zero-order valence-corrected chi connectivity index (χ0v) is 14.2. The summed E-state index contributed by atoms with van der Waals surface area (Å²) >= 11 is 1.50. The van der Waals surface area contributed by atoms with Crippen molar-refractivity contribution < 1.29 is 14.0 Å². The molecule has 1 aromatic carbocycles. The van der Waals surface area contributed by atoms with Crippen molar-refractivity contribution in [1.82, 2.24) is 4.90 Å². The standard InChI is InChI=1S/C18H19FN2O2S/c1-2-3-6-17(23)21-11-16(22)20-14-8-7-12(19)10-13(14)18(21)15-5-4-9-24-15/h4-5,7-10,18H,2-3,6,11H2,1H3,(H,20,22). The molecule has 2 amide bonds. The monoisotopic (exact) mass is 346 g/mol. The lowest BCUT2D eigenvalue weighted by molar-refractivity contribution is -0.136. The molecule has 0 saturated heterocycles. The fourth-order valence-corrected chi connectivity index (χ4v) is 3.79. The number of carbonyl (C=O) groups excluding carboxylic acids is 2. The summed E-state index contributed by atoms with van der Waals surface area (Å²) in [5.74, 6) is -0.721. The molecule has 0 fully saturated rings. The number of thiophene rings is 1. The van der Waals surface area contributed by atoms with Gasteiger partial charge >= 0.3 is 0 Å². The predicted molar refractivity (Wildman–Crippen MR) is 92.4 cm³/mol. The first-order valence-electron chi connectivity index (χ1n) is 8.02. The third kappa shape index (κ3) is 3.33. The Labute approximate surface area is 144 Å². The number of fused-ring (bicyclic) bond motifs is 1. The molecule has 0 spiro atoms. The summed E-state index contributed by atoms with van der Waals surface area (Å²) in [7, 11) is 0. The average molecular weight is 346 g/mol. The topological polar surface area (TPSA) is 49.4 Å². The first kappa shape index (κ1) is 16.6. The van der Waals surface area contributed by atoms with E-state index < -0.39 is 6.04 Å². The van der Waals surface area contributed by atoms with Crippen LogP contribution in [0.4, 0.5) is 10.1 Å². The molecule has 2 aromatic rings. The van der Waals surface area contributed by atoms with Gasteiger partial charge in [0.1, 0.15) is 12.4 Å². The predicted octanol–water partition coefficient (Wildman–Crippen LogP) is 3.95. The number of carbonyl (C=O) groups is 2. The minimum Gasteiger partial charge on any atom is -0.324 e. The lowest BCUT2D eigenvalue weighted by atomic mass is 10.0. The summed E-state index contributed by atoms with van der Waals surface area (Å²) < 4.78 is 13.9. The third-order valence-electron chi connectivity index (χ3n) is 4.09. The van der Waals surface area contributed by atoms with E-state index in [1.54, 1.807) is 11.0 Å². The molecule has 0 radical (unpaired) electrons. The van der Waals surface area contributed by atoms with E-state index in [-0.39, 0.29) is 24.2 Å². The number of halogens is 1. The van der Waals surface area contributed by atoms with Crippen LogP contribution >= 0.6 is 11.3 Å². The van der Waals surface area contributed by atoms with E-state index >= 15 is 0 Å². The largest absolute Gasteiger partial charge is 0.324 e. The Bertz CT molecular complexity index is 745. The average Bonchev–Trinajstić information content (AvgIpc) is 3.03. The van der Waals surface area contributed by atoms with Crippen LogP contribution < -0.4 is 5.32 Å². The maximum atomic E-state index is 13.9. The molecule has 1 atom stereocenters. The smallest absolute Gasteiger partial charge is 0.244 e. The summed E-state index contributed by atoms with van der Waals surface area (Å²) in [6.45, 7) is 1.99. The molecule has 1 aromatic heterocycles. The molecule has 6 heteroatoms. The maximum absolute atomic E-state index is 13.9. The molecule has 0 bridgehead atoms. The maximum Gasteiger partial charge on any atom is 0.244 e. The summed E-state index contributed by atoms with van der Waals surface area (Å²) in [6.07, 6.45) is 2.06. The number of hydrogen-bond donors (Lipinski definition) is 1. The highest BCUT2D eigenvalue weighted by atomic mass is 32.1. The Morgan fingerprint density at radius 3 is 2.96 bits per heavy atom. The van der Waals surface area contributed by atoms with Crippen LogP contribution in [0.1, 0.15) is 42.7 Å². The highest BCUT2D eigenvalue weighted by molar-refractivity contribution is 7.10. The Kier molecular flexibility index (Phi) is 4.94. The van der Waals surface area contributed by atoms with Gasteiger partial charge in [0.15, 0.2) is 0 Å². The van der Waals surface area contributed by atoms with E-state index in [1.807, 2.05) is 24.4 Å². The van der Waals surface area contributed by atoms with Gasteiger partial charge in [0.05, 0.1) is 6.04 Å². The molecule has 1 aliphatic rings. The van der Waals surface area contributed by atoms with Gasteiger partial charge in [-0.2, -0.15) is 0 Å². The van der Waals surface area contributed by atoms with Gasteiger partial charge in [-0.1, -0.05) is 19.4 Å². The molecular weight excluding hydrogens is 327 g/mol. The quantitative estimate of drug-likeness (QED) is 0.911. The Morgan fingerprint density at radius 2 is 2.25 bits per heavy atom. The van der Waals surface area contributed by atoms with E-state index in [0.29, 0.717) is 17.7 Å². The van der Waals surface area contributed by atoms with Gasteiger partial charge in [-0.15, -0.1) is 11.3 Å². The second-order valence-electron chi connectivity index (χ2n) is 5.82. The van der Waals surface area contributed by atoms with Crippen LogP contribution in [0.2, 0.25) is 0 Å². The third-order valence-corrected chi connectivity index (χ3v) is 5.01. The summed E-state index contributed by atoms with van der Waals surface area (Å²) in [5, 5.41) is 4.71. The lowest BCUT2D eigenvalue weighted by Gasteiger charge is -2.29. The minimum atomic E-state index is -0.445. The molecule has 0 saturated carbocycles. The summed E-state index contributed by atoms with van der Waals surface area (Å²) in [4.78, 5) is 27.4. The number of nitrogens with one attached hydrogen (secondary N) is 1. The molecular formula is C18H19FN2O2S. The molecule has 1 aliphatic heterocycles. The summed E-state index contributed by atoms with van der Waals surface area (Å²) in [5.41, 5.74) is 1.18. The number of benzene rings is 1. The van der Waals surface area contributed by atoms with Gasteiger partial charge in [-0.05, 0) is 36.1 Å². The Balaban J connectivity index is 2.09. The zero-order chi connectivity index (χ0) is 17.1. The highest BCUT2D eigenvalue weighted by Gasteiger charge is 2.33. The minimum absolute atomic E-state index is 0.0264. The number of hydrogen-bond acceptors (Lipinski definition) is 3. The van der Waals surface area contributed by atoms with E-state index in [2.05, 4.69) is 5.32 Å². The van der Waals surface area contributed by atoms with Crippen molar-refractivity contribution >= 4 is 28.8 Å². The van der Waals surface area contributed by atoms with Crippen LogP contribution in [-0.2, 0) is 9.59 Å². The van der Waals surface area contributed by atoms with Crippen LogP contribution in [0.25, 0.3) is 0 Å². The van der Waals surface area contributed by atoms with Crippen molar-refractivity contribution in [2.75, 3.05) is 11.9 Å². The van der Waals surface area contributed by atoms with Crippen LogP contribution in [0.3, 0.4) is 0 Å². The van der Waals surface area contributed by atoms with Gasteiger partial charge in [0.2, 0.25) is 11.8 Å². The van der Waals surface area contributed by atoms with E-state index in [1.165, 1.54) is 23.5 Å². The first-order valence-corrected chi connectivity index (χ1v) is 8.90. The molecule has 24 heavy (non-hydrogen) atoms. The zero-order valence-electron chi connectivity index (χ0n) is 13.4. The first-order chi connectivity index (χ1) is 11.6. The van der Waals surface area contributed by atoms with E-state index in [9.17, 15) is 14.0 Å². The Morgan fingerprint density at radius 1 is 1.42 bits per heavy atom. The fraction of sp³-hybridized carbons (Fsp3) is 0.333. The van der Waals surface area contributed by atoms with Crippen molar-refractivity contribution in [3.8, 4) is 0 Å². The molecule has 1 unspecified atom stereocenters. The van der Waals surface area contributed by atoms with Gasteiger partial charge in [0.25, 0.3) is 0 Å². The second-order valence-corrected chi connectivity index (χ2v) is 6.80. The normalized spacial score (nSPS) is 17.2. The summed E-state index contributed by atoms with van der Waals surface area (Å²) in [6, 6.07) is 7.65. The molecule has 1 N–H and O–H groups in total. The van der Waals surface area contributed by atoms with Crippen LogP contribution in [0.15, 0.2) is 35.7 Å². The van der Waals surface area contributed by atoms with Gasteiger partial charge in [0, 0.05) is 22.5 Å². The van der Waals surface area contributed by atoms with Gasteiger partial charge in [-0.25, -0.2) is 4.39 Å². The van der Waals surface area contributed by atoms with Crippen LogP contribution in [-0.4, -0.2) is 23.3 Å². The van der Waals surface area contributed by atoms with E-state index in [4.69, 9.17) is 0 Å². The second kappa shape index (κ2) is 7.13. The van der Waals surface area contributed by atoms with Crippen molar-refractivity contribution in [3.63, 3.8) is 0 Å². The molecule has 3 rings (SSSR count). The number of unbranched alkanes of at least 4 members (excludes halogenated alkanes) is 1. The molecule has 0 aliphatic carbocycles. The van der Waals surface area contributed by atoms with Gasteiger partial charge < -0.3 is 10.2 Å². The number of amides is 2. The molecule has 2 heterocycles. The van der Waals surface area contributed by atoms with Crippen molar-refractivity contribution in [1.29, 1.82) is 0 Å². The van der Waals surface area contributed by atoms with Crippen molar-refractivity contribution in [2.45, 2.75) is 32.2 Å². The van der Waals surface area contributed by atoms with Crippen LogP contribution in [0.5, 0.6) is 0 Å². The number of nitrogens with zero attached hydrogens (tertiary/aromatic N) is 1. The fourth-order valence-electron chi connectivity index (χ4n) is 2.93. The Hall–Kier alpha value is -2.21. The molecule has 126 valence electrons. The van der Waals surface area contributed by atoms with Gasteiger partial charge in [-0.3, -0.25) is 9.59 Å². The van der Waals surface area contributed by atoms with E-state index in [0.717, 1.165) is 17.7 Å². The van der Waals surface area contributed by atoms with Crippen molar-refractivity contribution in [3.05, 3.63) is 52.0 Å². The van der Waals surface area contributed by atoms with Crippen molar-refractivity contribution in [2.24, 2.45) is 0 Å². The number of anilines is 1. The van der Waals surface area contributed by atoms with Crippen LogP contribution in [0, 0.1) is 5.82 Å². The highest BCUT2D eigenvalue weighted by Crippen LogP contribution is 2.38. The SMILES string of the molecule is CCCCC(=O)N1CC(=O)Nc2ccc(F)cc2C1c1cccs1. The lowest BCUT2D eigenvalue weighted by Crippen LogP contribution is -2.38. The molecule has 4 nitrogen and oxygen atoms in total.